The molecule has 0 aliphatic carbocycles. The standard InChI is InChI=1S/C16H23N3O/c1-6-7-10-20-15-13(4)17-16(18-14(15)5)19-11(2)8-9-12(19)3/h8-9H,6-7,10H2,1-5H3. The van der Waals surface area contributed by atoms with Gasteiger partial charge < -0.3 is 4.74 Å². The minimum Gasteiger partial charge on any atom is -0.490 e. The summed E-state index contributed by atoms with van der Waals surface area (Å²) in [4.78, 5) is 9.21. The van der Waals surface area contributed by atoms with E-state index >= 15 is 0 Å². The Hall–Kier alpha value is -1.84. The van der Waals surface area contributed by atoms with Gasteiger partial charge in [0.1, 0.15) is 0 Å². The maximum Gasteiger partial charge on any atom is 0.234 e. The summed E-state index contributed by atoms with van der Waals surface area (Å²) in [7, 11) is 0. The van der Waals surface area contributed by atoms with Crippen molar-refractivity contribution < 1.29 is 4.74 Å². The van der Waals surface area contributed by atoms with Crippen LogP contribution in [0.1, 0.15) is 42.5 Å². The highest BCUT2D eigenvalue weighted by molar-refractivity contribution is 5.36. The zero-order chi connectivity index (χ0) is 14.7. The monoisotopic (exact) mass is 273 g/mol. The van der Waals surface area contributed by atoms with Gasteiger partial charge in [-0.05, 0) is 46.2 Å². The van der Waals surface area contributed by atoms with Crippen LogP contribution in [0.4, 0.5) is 0 Å². The molecule has 0 aromatic carbocycles. The zero-order valence-corrected chi connectivity index (χ0v) is 13.0. The van der Waals surface area contributed by atoms with E-state index < -0.39 is 0 Å². The second-order valence-corrected chi connectivity index (χ2v) is 5.18. The largest absolute Gasteiger partial charge is 0.490 e. The highest BCUT2D eigenvalue weighted by Gasteiger charge is 2.13. The Morgan fingerprint density at radius 2 is 1.55 bits per heavy atom. The molecule has 0 atom stereocenters. The summed E-state index contributed by atoms with van der Waals surface area (Å²) in [6.07, 6.45) is 2.18. The first-order valence-corrected chi connectivity index (χ1v) is 7.18. The lowest BCUT2D eigenvalue weighted by molar-refractivity contribution is 0.302. The molecule has 2 rings (SSSR count). The Kier molecular flexibility index (Phi) is 4.42. The van der Waals surface area contributed by atoms with Crippen molar-refractivity contribution in [3.8, 4) is 11.7 Å². The number of nitrogens with zero attached hydrogens (tertiary/aromatic N) is 3. The fourth-order valence-electron chi connectivity index (χ4n) is 2.30. The molecule has 0 N–H and O–H groups in total. The summed E-state index contributed by atoms with van der Waals surface area (Å²) >= 11 is 0. The predicted octanol–water partition coefficient (Wildman–Crippen LogP) is 3.68. The smallest absolute Gasteiger partial charge is 0.234 e. The molecule has 2 aromatic rings. The third-order valence-corrected chi connectivity index (χ3v) is 3.41. The van der Waals surface area contributed by atoms with E-state index in [0.29, 0.717) is 0 Å². The Labute approximate surface area is 120 Å². The van der Waals surface area contributed by atoms with Crippen molar-refractivity contribution in [3.63, 3.8) is 0 Å². The van der Waals surface area contributed by atoms with Gasteiger partial charge in [0.05, 0.1) is 18.0 Å². The highest BCUT2D eigenvalue weighted by Crippen LogP contribution is 2.22. The molecule has 4 nitrogen and oxygen atoms in total. The van der Waals surface area contributed by atoms with Crippen LogP contribution in [0.15, 0.2) is 12.1 Å². The minimum absolute atomic E-state index is 0.725. The van der Waals surface area contributed by atoms with E-state index in [9.17, 15) is 0 Å². The molecular weight excluding hydrogens is 250 g/mol. The minimum atomic E-state index is 0.725. The molecule has 0 amide bonds. The third-order valence-electron chi connectivity index (χ3n) is 3.41. The van der Waals surface area contributed by atoms with Gasteiger partial charge in [-0.2, -0.15) is 0 Å². The van der Waals surface area contributed by atoms with Gasteiger partial charge in [0.15, 0.2) is 5.75 Å². The molecule has 0 unspecified atom stereocenters. The zero-order valence-electron chi connectivity index (χ0n) is 13.0. The van der Waals surface area contributed by atoms with Gasteiger partial charge in [-0.3, -0.25) is 4.57 Å². The SMILES string of the molecule is CCCCOc1c(C)nc(-n2c(C)ccc2C)nc1C. The lowest BCUT2D eigenvalue weighted by Crippen LogP contribution is -2.10. The number of hydrogen-bond acceptors (Lipinski definition) is 3. The number of rotatable bonds is 5. The third kappa shape index (κ3) is 2.84. The predicted molar refractivity (Wildman–Crippen MR) is 80.7 cm³/mol. The van der Waals surface area contributed by atoms with Crippen LogP contribution in [0.5, 0.6) is 5.75 Å². The Morgan fingerprint density at radius 1 is 1.00 bits per heavy atom. The molecule has 0 saturated carbocycles. The van der Waals surface area contributed by atoms with Crippen LogP contribution in [0.25, 0.3) is 5.95 Å². The van der Waals surface area contributed by atoms with Crippen molar-refractivity contribution in [2.24, 2.45) is 0 Å². The van der Waals surface area contributed by atoms with E-state index in [4.69, 9.17) is 4.74 Å². The van der Waals surface area contributed by atoms with Gasteiger partial charge in [-0.1, -0.05) is 13.3 Å². The molecule has 2 aromatic heterocycles. The van der Waals surface area contributed by atoms with E-state index in [2.05, 4.69) is 47.4 Å². The van der Waals surface area contributed by atoms with E-state index in [1.54, 1.807) is 0 Å². The summed E-state index contributed by atoms with van der Waals surface area (Å²) in [5.74, 6) is 1.55. The Bertz CT molecular complexity index is 559. The van der Waals surface area contributed by atoms with Crippen LogP contribution in [-0.2, 0) is 0 Å². The second kappa shape index (κ2) is 6.07. The average molecular weight is 273 g/mol. The van der Waals surface area contributed by atoms with E-state index in [-0.39, 0.29) is 0 Å². The van der Waals surface area contributed by atoms with E-state index in [1.807, 2.05) is 13.8 Å². The molecule has 0 aliphatic rings. The van der Waals surface area contributed by atoms with Crippen molar-refractivity contribution in [2.45, 2.75) is 47.5 Å². The first-order chi connectivity index (χ1) is 9.54. The summed E-state index contributed by atoms with van der Waals surface area (Å²) < 4.78 is 7.87. The van der Waals surface area contributed by atoms with Crippen molar-refractivity contribution in [2.75, 3.05) is 6.61 Å². The molecule has 0 aliphatic heterocycles. The van der Waals surface area contributed by atoms with Crippen molar-refractivity contribution in [1.82, 2.24) is 14.5 Å². The fraction of sp³-hybridized carbons (Fsp3) is 0.500. The van der Waals surface area contributed by atoms with Gasteiger partial charge >= 0.3 is 0 Å². The van der Waals surface area contributed by atoms with Crippen molar-refractivity contribution >= 4 is 0 Å². The Balaban J connectivity index is 2.35. The number of hydrogen-bond donors (Lipinski definition) is 0. The molecular formula is C16H23N3O. The van der Waals surface area contributed by atoms with Crippen LogP contribution in [0.3, 0.4) is 0 Å². The molecule has 0 bridgehead atoms. The Morgan fingerprint density at radius 3 is 2.05 bits per heavy atom. The summed E-state index contributed by atoms with van der Waals surface area (Å²) in [6, 6.07) is 4.16. The van der Waals surface area contributed by atoms with Crippen LogP contribution in [0.2, 0.25) is 0 Å². The van der Waals surface area contributed by atoms with E-state index in [1.165, 1.54) is 0 Å². The molecule has 0 saturated heterocycles. The maximum atomic E-state index is 5.81. The molecule has 0 radical (unpaired) electrons. The van der Waals surface area contributed by atoms with Gasteiger partial charge in [-0.25, -0.2) is 9.97 Å². The van der Waals surface area contributed by atoms with Crippen molar-refractivity contribution in [1.29, 1.82) is 0 Å². The molecule has 20 heavy (non-hydrogen) atoms. The van der Waals surface area contributed by atoms with Crippen LogP contribution >= 0.6 is 0 Å². The summed E-state index contributed by atoms with van der Waals surface area (Å²) in [6.45, 7) is 11.0. The first kappa shape index (κ1) is 14.6. The van der Waals surface area contributed by atoms with Crippen molar-refractivity contribution in [3.05, 3.63) is 34.9 Å². The maximum absolute atomic E-state index is 5.81. The lowest BCUT2D eigenvalue weighted by atomic mass is 10.3. The van der Waals surface area contributed by atoms with Gasteiger partial charge in [0.2, 0.25) is 5.95 Å². The molecule has 4 heteroatoms. The van der Waals surface area contributed by atoms with Crippen LogP contribution in [0, 0.1) is 27.7 Å². The molecule has 2 heterocycles. The van der Waals surface area contributed by atoms with Crippen LogP contribution < -0.4 is 4.74 Å². The second-order valence-electron chi connectivity index (χ2n) is 5.18. The summed E-state index contributed by atoms with van der Waals surface area (Å²) in [5, 5.41) is 0. The molecule has 108 valence electrons. The highest BCUT2D eigenvalue weighted by atomic mass is 16.5. The number of aromatic nitrogens is 3. The average Bonchev–Trinajstić information content (AvgIpc) is 2.72. The van der Waals surface area contributed by atoms with Gasteiger partial charge in [-0.15, -0.1) is 0 Å². The van der Waals surface area contributed by atoms with E-state index in [0.717, 1.165) is 53.9 Å². The normalized spacial score (nSPS) is 10.8. The number of aryl methyl sites for hydroxylation is 4. The lowest BCUT2D eigenvalue weighted by Gasteiger charge is -2.14. The first-order valence-electron chi connectivity index (χ1n) is 7.18. The fourth-order valence-corrected chi connectivity index (χ4v) is 2.30. The number of unbranched alkanes of at least 4 members (excludes halogenated alkanes) is 1. The number of ether oxygens (including phenoxy) is 1. The summed E-state index contributed by atoms with van der Waals surface area (Å²) in [5.41, 5.74) is 4.08. The van der Waals surface area contributed by atoms with Gasteiger partial charge in [0, 0.05) is 11.4 Å². The topological polar surface area (TPSA) is 39.9 Å². The molecule has 0 fully saturated rings. The van der Waals surface area contributed by atoms with Gasteiger partial charge in [0.25, 0.3) is 0 Å². The quantitative estimate of drug-likeness (QED) is 0.780. The van der Waals surface area contributed by atoms with Crippen LogP contribution in [-0.4, -0.2) is 21.1 Å². The molecule has 0 spiro atoms.